The van der Waals surface area contributed by atoms with E-state index < -0.39 is 7.82 Å². The molecule has 0 radical (unpaired) electrons. The minimum atomic E-state index is -3.27. The van der Waals surface area contributed by atoms with E-state index in [0.717, 1.165) is 12.8 Å². The second kappa shape index (κ2) is 19.4. The number of phosphoric ester groups is 1. The van der Waals surface area contributed by atoms with Gasteiger partial charge >= 0.3 is 7.82 Å². The molecule has 0 rings (SSSR count). The van der Waals surface area contributed by atoms with Crippen LogP contribution in [-0.2, 0) is 18.1 Å². The number of hydrogen-bond donors (Lipinski definition) is 1. The lowest BCUT2D eigenvalue weighted by Gasteiger charge is -2.12. The van der Waals surface area contributed by atoms with Crippen LogP contribution < -0.4 is 6.15 Å². The predicted octanol–water partition coefficient (Wildman–Crippen LogP) is 7.05. The molecule has 0 amide bonds. The van der Waals surface area contributed by atoms with Gasteiger partial charge < -0.3 is 6.15 Å². The highest BCUT2D eigenvalue weighted by atomic mass is 31.2. The summed E-state index contributed by atoms with van der Waals surface area (Å²) < 4.78 is 26.2. The summed E-state index contributed by atoms with van der Waals surface area (Å²) >= 11 is 0. The van der Waals surface area contributed by atoms with Crippen LogP contribution in [0, 0.1) is 0 Å². The maximum absolute atomic E-state index is 11.6. The standard InChI is InChI=1S/C18H39O4P.H3N/c1-4-5-6-7-8-9-10-11-12-13-14-15-16-17-18-22-23(19,20-2)21-3;/h4-18H2,1-3H3;1H3. The molecule has 0 aromatic heterocycles. The van der Waals surface area contributed by atoms with Crippen LogP contribution in [0.15, 0.2) is 0 Å². The Morgan fingerprint density at radius 3 is 1.29 bits per heavy atom. The summed E-state index contributed by atoms with van der Waals surface area (Å²) in [5.74, 6) is 0. The summed E-state index contributed by atoms with van der Waals surface area (Å²) in [4.78, 5) is 0. The van der Waals surface area contributed by atoms with Crippen molar-refractivity contribution >= 4 is 7.82 Å². The normalized spacial score (nSPS) is 11.5. The Kier molecular flexibility index (Phi) is 21.3. The van der Waals surface area contributed by atoms with E-state index in [0.29, 0.717) is 6.61 Å². The summed E-state index contributed by atoms with van der Waals surface area (Å²) in [7, 11) is -0.582. The molecule has 0 fully saturated rings. The maximum Gasteiger partial charge on any atom is 0.474 e. The molecule has 0 unspecified atom stereocenters. The number of hydrogen-bond acceptors (Lipinski definition) is 5. The molecule has 6 heteroatoms. The lowest BCUT2D eigenvalue weighted by Crippen LogP contribution is -1.97. The Bertz CT molecular complexity index is 282. The van der Waals surface area contributed by atoms with E-state index in [9.17, 15) is 4.57 Å². The van der Waals surface area contributed by atoms with Gasteiger partial charge in [-0.1, -0.05) is 90.4 Å². The van der Waals surface area contributed by atoms with Crippen LogP contribution in [0.1, 0.15) is 96.8 Å². The number of phosphoric acid groups is 1. The second-order valence-corrected chi connectivity index (χ2v) is 8.12. The first kappa shape index (κ1) is 26.3. The molecule has 5 nitrogen and oxygen atoms in total. The van der Waals surface area contributed by atoms with Crippen LogP contribution in [0.25, 0.3) is 0 Å². The zero-order valence-corrected chi connectivity index (χ0v) is 17.3. The van der Waals surface area contributed by atoms with Gasteiger partial charge in [0.2, 0.25) is 0 Å². The largest absolute Gasteiger partial charge is 0.474 e. The fourth-order valence-corrected chi connectivity index (χ4v) is 3.37. The Morgan fingerprint density at radius 1 is 0.625 bits per heavy atom. The lowest BCUT2D eigenvalue weighted by molar-refractivity contribution is 0.150. The van der Waals surface area contributed by atoms with Crippen molar-refractivity contribution < 1.29 is 18.1 Å². The van der Waals surface area contributed by atoms with Crippen molar-refractivity contribution in [3.8, 4) is 0 Å². The third-order valence-electron chi connectivity index (χ3n) is 4.19. The molecule has 24 heavy (non-hydrogen) atoms. The van der Waals surface area contributed by atoms with Crippen molar-refractivity contribution in [2.75, 3.05) is 20.8 Å². The Balaban J connectivity index is 0. The first-order valence-electron chi connectivity index (χ1n) is 9.54. The molecule has 0 bridgehead atoms. The fourth-order valence-electron chi connectivity index (χ4n) is 2.65. The van der Waals surface area contributed by atoms with Crippen molar-refractivity contribution in [1.29, 1.82) is 0 Å². The summed E-state index contributed by atoms with van der Waals surface area (Å²) in [5.41, 5.74) is 0. The van der Waals surface area contributed by atoms with E-state index in [-0.39, 0.29) is 6.15 Å². The quantitative estimate of drug-likeness (QED) is 0.207. The second-order valence-electron chi connectivity index (χ2n) is 6.24. The van der Waals surface area contributed by atoms with Crippen LogP contribution >= 0.6 is 7.82 Å². The SMILES string of the molecule is CCCCCCCCCCCCCCCCOP(=O)(OC)OC.N. The van der Waals surface area contributed by atoms with Crippen LogP contribution in [-0.4, -0.2) is 20.8 Å². The van der Waals surface area contributed by atoms with Gasteiger partial charge in [0, 0.05) is 14.2 Å². The average molecular weight is 368 g/mol. The van der Waals surface area contributed by atoms with Gasteiger partial charge in [-0.15, -0.1) is 0 Å². The minimum absolute atomic E-state index is 0. The fraction of sp³-hybridized carbons (Fsp3) is 1.00. The smallest absolute Gasteiger partial charge is 0.344 e. The molecular formula is C18H42NO4P. The summed E-state index contributed by atoms with van der Waals surface area (Å²) in [5, 5.41) is 0. The van der Waals surface area contributed by atoms with Gasteiger partial charge in [0.25, 0.3) is 0 Å². The summed E-state index contributed by atoms with van der Waals surface area (Å²) in [6.07, 6.45) is 18.5. The monoisotopic (exact) mass is 367 g/mol. The molecule has 0 saturated heterocycles. The molecule has 148 valence electrons. The molecule has 0 saturated carbocycles. The highest BCUT2D eigenvalue weighted by molar-refractivity contribution is 7.48. The third kappa shape index (κ3) is 16.9. The number of rotatable bonds is 18. The van der Waals surface area contributed by atoms with Crippen molar-refractivity contribution in [2.24, 2.45) is 0 Å². The highest BCUT2D eigenvalue weighted by Crippen LogP contribution is 2.47. The van der Waals surface area contributed by atoms with Gasteiger partial charge in [-0.25, -0.2) is 4.57 Å². The van der Waals surface area contributed by atoms with Gasteiger partial charge in [-0.05, 0) is 6.42 Å². The summed E-state index contributed by atoms with van der Waals surface area (Å²) in [6.45, 7) is 2.71. The number of unbranched alkanes of at least 4 members (excludes halogenated alkanes) is 13. The van der Waals surface area contributed by atoms with E-state index in [4.69, 9.17) is 13.6 Å². The van der Waals surface area contributed by atoms with Crippen LogP contribution in [0.2, 0.25) is 0 Å². The first-order valence-corrected chi connectivity index (χ1v) is 11.0. The predicted molar refractivity (Wildman–Crippen MR) is 103 cm³/mol. The molecule has 0 aliphatic rings. The van der Waals surface area contributed by atoms with E-state index in [1.807, 2.05) is 0 Å². The topological polar surface area (TPSA) is 79.8 Å². The van der Waals surface area contributed by atoms with E-state index in [2.05, 4.69) is 6.92 Å². The molecule has 3 N–H and O–H groups in total. The van der Waals surface area contributed by atoms with Crippen molar-refractivity contribution in [2.45, 2.75) is 96.8 Å². The van der Waals surface area contributed by atoms with E-state index in [1.54, 1.807) is 0 Å². The van der Waals surface area contributed by atoms with E-state index in [1.165, 1.54) is 91.3 Å². The van der Waals surface area contributed by atoms with Gasteiger partial charge in [-0.2, -0.15) is 0 Å². The Hall–Kier alpha value is 0.0700. The van der Waals surface area contributed by atoms with Gasteiger partial charge in [0.05, 0.1) is 6.61 Å². The van der Waals surface area contributed by atoms with Crippen LogP contribution in [0.5, 0.6) is 0 Å². The van der Waals surface area contributed by atoms with Crippen LogP contribution in [0.3, 0.4) is 0 Å². The zero-order chi connectivity index (χ0) is 17.2. The average Bonchev–Trinajstić information content (AvgIpc) is 2.58. The summed E-state index contributed by atoms with van der Waals surface area (Å²) in [6, 6.07) is 0. The van der Waals surface area contributed by atoms with Gasteiger partial charge in [-0.3, -0.25) is 13.6 Å². The van der Waals surface area contributed by atoms with Crippen LogP contribution in [0.4, 0.5) is 0 Å². The molecule has 0 aliphatic carbocycles. The minimum Gasteiger partial charge on any atom is -0.344 e. The molecular weight excluding hydrogens is 325 g/mol. The van der Waals surface area contributed by atoms with Crippen molar-refractivity contribution in [3.63, 3.8) is 0 Å². The lowest BCUT2D eigenvalue weighted by atomic mass is 10.0. The van der Waals surface area contributed by atoms with Crippen molar-refractivity contribution in [1.82, 2.24) is 6.15 Å². The zero-order valence-electron chi connectivity index (χ0n) is 16.4. The molecule has 0 aromatic rings. The first-order chi connectivity index (χ1) is 11.2. The molecule has 0 aromatic carbocycles. The van der Waals surface area contributed by atoms with Gasteiger partial charge in [0.15, 0.2) is 0 Å². The highest BCUT2D eigenvalue weighted by Gasteiger charge is 2.21. The Labute approximate surface area is 150 Å². The van der Waals surface area contributed by atoms with Gasteiger partial charge in [0.1, 0.15) is 0 Å². The Morgan fingerprint density at radius 2 is 0.958 bits per heavy atom. The molecule has 0 atom stereocenters. The molecule has 0 spiro atoms. The molecule has 0 aliphatic heterocycles. The third-order valence-corrected chi connectivity index (χ3v) is 5.59. The maximum atomic E-state index is 11.6. The molecule has 0 heterocycles. The van der Waals surface area contributed by atoms with E-state index >= 15 is 0 Å². The van der Waals surface area contributed by atoms with Crippen molar-refractivity contribution in [3.05, 3.63) is 0 Å².